The van der Waals surface area contributed by atoms with Gasteiger partial charge in [0.2, 0.25) is 0 Å². The molecule has 0 aliphatic carbocycles. The van der Waals surface area contributed by atoms with Gasteiger partial charge in [0.25, 0.3) is 0 Å². The van der Waals surface area contributed by atoms with Gasteiger partial charge in [-0.3, -0.25) is 0 Å². The van der Waals surface area contributed by atoms with E-state index in [1.54, 1.807) is 0 Å². The number of hydrogen-bond donors (Lipinski definition) is 1. The second-order valence-corrected chi connectivity index (χ2v) is 7.31. The highest BCUT2D eigenvalue weighted by Crippen LogP contribution is 2.28. The van der Waals surface area contributed by atoms with Crippen molar-refractivity contribution in [1.82, 2.24) is 9.47 Å². The Balaban J connectivity index is 0.00000261. The van der Waals surface area contributed by atoms with Crippen LogP contribution < -0.4 is 0 Å². The van der Waals surface area contributed by atoms with E-state index in [0.717, 1.165) is 19.6 Å². The van der Waals surface area contributed by atoms with Gasteiger partial charge in [0, 0.05) is 28.4 Å². The molecule has 0 saturated heterocycles. The fourth-order valence-corrected chi connectivity index (χ4v) is 3.82. The van der Waals surface area contributed by atoms with Gasteiger partial charge in [0.1, 0.15) is 0 Å². The smallest absolute Gasteiger partial charge is 0.0845 e. The van der Waals surface area contributed by atoms with Crippen LogP contribution >= 0.6 is 12.4 Å². The van der Waals surface area contributed by atoms with Crippen LogP contribution in [-0.4, -0.2) is 40.3 Å². The largest absolute Gasteiger partial charge is 0.390 e. The molecule has 1 N–H and O–H groups in total. The summed E-state index contributed by atoms with van der Waals surface area (Å²) in [5.74, 6) is 0. The number of fused-ring (bicyclic) bond motifs is 3. The minimum absolute atomic E-state index is 0. The minimum Gasteiger partial charge on any atom is -0.390 e. The van der Waals surface area contributed by atoms with Crippen LogP contribution in [0, 0.1) is 0 Å². The highest BCUT2D eigenvalue weighted by atomic mass is 35.5. The number of aromatic nitrogens is 1. The average Bonchev–Trinajstić information content (AvgIpc) is 2.98. The molecular weight excluding hydrogens is 356 g/mol. The van der Waals surface area contributed by atoms with Crippen molar-refractivity contribution < 1.29 is 5.11 Å². The first-order chi connectivity index (χ1) is 12.7. The number of aliphatic hydroxyl groups is 1. The van der Waals surface area contributed by atoms with Crippen molar-refractivity contribution in [1.29, 1.82) is 0 Å². The molecule has 27 heavy (non-hydrogen) atoms. The predicted octanol–water partition coefficient (Wildman–Crippen LogP) is 5.48. The molecule has 1 aromatic heterocycles. The molecule has 0 radical (unpaired) electrons. The van der Waals surface area contributed by atoms with Gasteiger partial charge in [-0.25, -0.2) is 0 Å². The Morgan fingerprint density at radius 2 is 1.33 bits per heavy atom. The molecule has 1 unspecified atom stereocenters. The summed E-state index contributed by atoms with van der Waals surface area (Å²) in [6.45, 7) is 8.02. The standard InChI is InChI=1S/C23H32N2O.ClH/c1-3-5-15-24(16-6-4-2)17-19(26)18-25-22-13-9-7-11-20(22)21-12-8-10-14-23(21)25;/h7-14,19,26H,3-6,15-18H2,1-2H3;1H. The van der Waals surface area contributed by atoms with Crippen LogP contribution in [-0.2, 0) is 6.54 Å². The fraction of sp³-hybridized carbons (Fsp3) is 0.478. The van der Waals surface area contributed by atoms with Gasteiger partial charge in [0.15, 0.2) is 0 Å². The van der Waals surface area contributed by atoms with E-state index in [2.05, 4.69) is 71.8 Å². The van der Waals surface area contributed by atoms with Crippen LogP contribution in [0.4, 0.5) is 0 Å². The molecule has 0 amide bonds. The number of benzene rings is 2. The molecule has 0 bridgehead atoms. The zero-order valence-corrected chi connectivity index (χ0v) is 17.4. The first kappa shape index (κ1) is 21.7. The molecule has 2 aromatic carbocycles. The van der Waals surface area contributed by atoms with Gasteiger partial charge in [0.05, 0.1) is 12.6 Å². The topological polar surface area (TPSA) is 28.4 Å². The molecule has 1 heterocycles. The number of rotatable bonds is 10. The maximum absolute atomic E-state index is 10.8. The molecule has 3 aromatic rings. The van der Waals surface area contributed by atoms with Gasteiger partial charge in [-0.2, -0.15) is 0 Å². The van der Waals surface area contributed by atoms with E-state index in [9.17, 15) is 5.11 Å². The molecule has 0 aliphatic rings. The summed E-state index contributed by atoms with van der Waals surface area (Å²) >= 11 is 0. The van der Waals surface area contributed by atoms with Crippen LogP contribution in [0.5, 0.6) is 0 Å². The Labute approximate surface area is 169 Å². The number of aliphatic hydroxyl groups excluding tert-OH is 1. The van der Waals surface area contributed by atoms with Crippen molar-refractivity contribution in [2.75, 3.05) is 19.6 Å². The molecule has 0 spiro atoms. The van der Waals surface area contributed by atoms with Crippen molar-refractivity contribution >= 4 is 34.2 Å². The minimum atomic E-state index is -0.358. The van der Waals surface area contributed by atoms with Crippen molar-refractivity contribution in [3.8, 4) is 0 Å². The van der Waals surface area contributed by atoms with E-state index in [0.29, 0.717) is 6.54 Å². The lowest BCUT2D eigenvalue weighted by Crippen LogP contribution is -2.36. The molecule has 0 aliphatic heterocycles. The zero-order chi connectivity index (χ0) is 18.4. The van der Waals surface area contributed by atoms with Gasteiger partial charge in [-0.1, -0.05) is 63.1 Å². The van der Waals surface area contributed by atoms with Crippen LogP contribution in [0.2, 0.25) is 0 Å². The fourth-order valence-electron chi connectivity index (χ4n) is 3.82. The Bertz CT molecular complexity index is 768. The molecule has 0 saturated carbocycles. The summed E-state index contributed by atoms with van der Waals surface area (Å²) in [7, 11) is 0. The van der Waals surface area contributed by atoms with E-state index in [1.807, 2.05) is 0 Å². The number of unbranched alkanes of at least 4 members (excludes halogenated alkanes) is 2. The first-order valence-electron chi connectivity index (χ1n) is 10.1. The summed E-state index contributed by atoms with van der Waals surface area (Å²) < 4.78 is 2.28. The summed E-state index contributed by atoms with van der Waals surface area (Å²) in [5.41, 5.74) is 2.42. The lowest BCUT2D eigenvalue weighted by Gasteiger charge is -2.25. The van der Waals surface area contributed by atoms with Crippen molar-refractivity contribution in [3.63, 3.8) is 0 Å². The maximum atomic E-state index is 10.8. The molecular formula is C23H33ClN2O. The molecule has 148 valence electrons. The molecule has 3 nitrogen and oxygen atoms in total. The molecule has 1 atom stereocenters. The second kappa shape index (κ2) is 10.7. The van der Waals surface area contributed by atoms with E-state index in [1.165, 1.54) is 47.5 Å². The third-order valence-electron chi connectivity index (χ3n) is 5.20. The van der Waals surface area contributed by atoms with Crippen molar-refractivity contribution in [2.24, 2.45) is 0 Å². The van der Waals surface area contributed by atoms with E-state index >= 15 is 0 Å². The summed E-state index contributed by atoms with van der Waals surface area (Å²) in [4.78, 5) is 2.44. The van der Waals surface area contributed by atoms with Crippen LogP contribution in [0.15, 0.2) is 48.5 Å². The monoisotopic (exact) mass is 388 g/mol. The maximum Gasteiger partial charge on any atom is 0.0845 e. The highest BCUT2D eigenvalue weighted by molar-refractivity contribution is 6.07. The van der Waals surface area contributed by atoms with Gasteiger partial charge < -0.3 is 14.6 Å². The Hall–Kier alpha value is -1.55. The van der Waals surface area contributed by atoms with Crippen LogP contribution in [0.1, 0.15) is 39.5 Å². The summed E-state index contributed by atoms with van der Waals surface area (Å²) in [6.07, 6.45) is 4.44. The van der Waals surface area contributed by atoms with Crippen molar-refractivity contribution in [2.45, 2.75) is 52.2 Å². The number of halogens is 1. The van der Waals surface area contributed by atoms with E-state index in [4.69, 9.17) is 0 Å². The highest BCUT2D eigenvalue weighted by Gasteiger charge is 2.15. The normalized spacial score (nSPS) is 12.6. The molecule has 3 rings (SSSR count). The summed E-state index contributed by atoms with van der Waals surface area (Å²) in [6, 6.07) is 17.0. The van der Waals surface area contributed by atoms with E-state index < -0.39 is 0 Å². The second-order valence-electron chi connectivity index (χ2n) is 7.31. The van der Waals surface area contributed by atoms with Crippen LogP contribution in [0.3, 0.4) is 0 Å². The lowest BCUT2D eigenvalue weighted by molar-refractivity contribution is 0.0982. The van der Waals surface area contributed by atoms with E-state index in [-0.39, 0.29) is 18.5 Å². The Morgan fingerprint density at radius 1 is 0.852 bits per heavy atom. The first-order valence-corrected chi connectivity index (χ1v) is 10.1. The third-order valence-corrected chi connectivity index (χ3v) is 5.20. The summed E-state index contributed by atoms with van der Waals surface area (Å²) in [5, 5.41) is 13.4. The predicted molar refractivity (Wildman–Crippen MR) is 119 cm³/mol. The average molecular weight is 389 g/mol. The lowest BCUT2D eigenvalue weighted by atomic mass is 10.2. The Kier molecular flexibility index (Phi) is 8.62. The van der Waals surface area contributed by atoms with Crippen molar-refractivity contribution in [3.05, 3.63) is 48.5 Å². The number of nitrogens with zero attached hydrogens (tertiary/aromatic N) is 2. The SMILES string of the molecule is CCCCN(CCCC)CC(O)Cn1c2ccccc2c2ccccc21.Cl. The third kappa shape index (κ3) is 5.25. The number of para-hydroxylation sites is 2. The number of hydrogen-bond acceptors (Lipinski definition) is 2. The Morgan fingerprint density at radius 3 is 1.81 bits per heavy atom. The molecule has 0 fully saturated rings. The zero-order valence-electron chi connectivity index (χ0n) is 16.6. The van der Waals surface area contributed by atoms with Crippen LogP contribution in [0.25, 0.3) is 21.8 Å². The van der Waals surface area contributed by atoms with Gasteiger partial charge in [-0.05, 0) is 38.1 Å². The van der Waals surface area contributed by atoms with Gasteiger partial charge in [-0.15, -0.1) is 12.4 Å². The van der Waals surface area contributed by atoms with Gasteiger partial charge >= 0.3 is 0 Å². The molecule has 4 heteroatoms. The quantitative estimate of drug-likeness (QED) is 0.498.